The Kier molecular flexibility index (Phi) is 3.94. The molecule has 1 unspecified atom stereocenters. The molecule has 1 aromatic heterocycles. The van der Waals surface area contributed by atoms with Crippen molar-refractivity contribution >= 4 is 5.91 Å². The summed E-state index contributed by atoms with van der Waals surface area (Å²) in [4.78, 5) is 12.0. The first-order chi connectivity index (χ1) is 10.2. The summed E-state index contributed by atoms with van der Waals surface area (Å²) >= 11 is 0. The first-order valence-electron chi connectivity index (χ1n) is 6.88. The van der Waals surface area contributed by atoms with E-state index in [1.807, 2.05) is 30.3 Å². The summed E-state index contributed by atoms with van der Waals surface area (Å²) in [5.74, 6) is -0.330. The van der Waals surface area contributed by atoms with Crippen LogP contribution in [0.1, 0.15) is 28.2 Å². The lowest BCUT2D eigenvalue weighted by atomic mass is 10.1. The molecule has 1 saturated heterocycles. The third-order valence-electron chi connectivity index (χ3n) is 3.52. The molecule has 3 N–H and O–H groups in total. The fourth-order valence-corrected chi connectivity index (χ4v) is 2.09. The van der Waals surface area contributed by atoms with Gasteiger partial charge in [-0.05, 0) is 5.56 Å². The van der Waals surface area contributed by atoms with Gasteiger partial charge in [-0.25, -0.2) is 4.68 Å². The molecule has 2 heterocycles. The Morgan fingerprint density at radius 1 is 1.43 bits per heavy atom. The van der Waals surface area contributed by atoms with Gasteiger partial charge in [0.05, 0.1) is 18.3 Å². The molecule has 7 heteroatoms. The number of hydrogen-bond acceptors (Lipinski definition) is 5. The molecule has 0 radical (unpaired) electrons. The van der Waals surface area contributed by atoms with E-state index in [0.717, 1.165) is 18.7 Å². The van der Waals surface area contributed by atoms with Crippen molar-refractivity contribution in [1.29, 1.82) is 0 Å². The van der Waals surface area contributed by atoms with Gasteiger partial charge in [-0.15, -0.1) is 5.10 Å². The van der Waals surface area contributed by atoms with Crippen LogP contribution in [0.2, 0.25) is 0 Å². The van der Waals surface area contributed by atoms with E-state index in [4.69, 9.17) is 0 Å². The average molecular weight is 287 g/mol. The molecule has 110 valence electrons. The second-order valence-corrected chi connectivity index (χ2v) is 5.03. The van der Waals surface area contributed by atoms with Gasteiger partial charge in [0.1, 0.15) is 0 Å². The van der Waals surface area contributed by atoms with Crippen LogP contribution < -0.4 is 10.6 Å². The molecule has 1 atom stereocenters. The van der Waals surface area contributed by atoms with Crippen molar-refractivity contribution in [2.24, 2.45) is 0 Å². The minimum atomic E-state index is -0.735. The van der Waals surface area contributed by atoms with Gasteiger partial charge in [0.25, 0.3) is 5.91 Å². The Morgan fingerprint density at radius 3 is 2.86 bits per heavy atom. The molecule has 0 spiro atoms. The summed E-state index contributed by atoms with van der Waals surface area (Å²) < 4.78 is 1.69. The molecule has 0 saturated carbocycles. The van der Waals surface area contributed by atoms with E-state index in [1.165, 1.54) is 0 Å². The molecular weight excluding hydrogens is 270 g/mol. The topological polar surface area (TPSA) is 92.1 Å². The zero-order chi connectivity index (χ0) is 14.7. The second kappa shape index (κ2) is 6.02. The smallest absolute Gasteiger partial charge is 0.273 e. The number of nitrogens with zero attached hydrogens (tertiary/aromatic N) is 3. The molecule has 1 amide bonds. The fourth-order valence-electron chi connectivity index (χ4n) is 2.09. The highest BCUT2D eigenvalue weighted by Crippen LogP contribution is 2.12. The van der Waals surface area contributed by atoms with Crippen molar-refractivity contribution < 1.29 is 9.90 Å². The predicted octanol–water partition coefficient (Wildman–Crippen LogP) is -0.114. The minimum Gasteiger partial charge on any atom is -0.387 e. The second-order valence-electron chi connectivity index (χ2n) is 5.03. The van der Waals surface area contributed by atoms with E-state index in [0.29, 0.717) is 0 Å². The molecule has 0 bridgehead atoms. The number of carbonyl (C=O) groups is 1. The van der Waals surface area contributed by atoms with Gasteiger partial charge in [-0.3, -0.25) is 4.79 Å². The van der Waals surface area contributed by atoms with Gasteiger partial charge >= 0.3 is 0 Å². The molecule has 21 heavy (non-hydrogen) atoms. The molecule has 0 aliphatic carbocycles. The van der Waals surface area contributed by atoms with Crippen molar-refractivity contribution in [1.82, 2.24) is 25.6 Å². The number of aliphatic hydroxyl groups excluding tert-OH is 1. The van der Waals surface area contributed by atoms with Gasteiger partial charge in [0.2, 0.25) is 0 Å². The molecular formula is C14H17N5O2. The van der Waals surface area contributed by atoms with Crippen LogP contribution in [0.3, 0.4) is 0 Å². The summed E-state index contributed by atoms with van der Waals surface area (Å²) in [5, 5.41) is 23.6. The van der Waals surface area contributed by atoms with Gasteiger partial charge in [0.15, 0.2) is 5.69 Å². The lowest BCUT2D eigenvalue weighted by Crippen LogP contribution is -2.43. The highest BCUT2D eigenvalue weighted by Gasteiger charge is 2.21. The third-order valence-corrected chi connectivity index (χ3v) is 3.52. The Bertz CT molecular complexity index is 609. The van der Waals surface area contributed by atoms with Crippen molar-refractivity contribution in [3.8, 4) is 0 Å². The maximum absolute atomic E-state index is 12.0. The van der Waals surface area contributed by atoms with Crippen molar-refractivity contribution in [3.63, 3.8) is 0 Å². The van der Waals surface area contributed by atoms with Gasteiger partial charge in [-0.2, -0.15) is 0 Å². The minimum absolute atomic E-state index is 0.140. The molecule has 2 aromatic rings. The van der Waals surface area contributed by atoms with Crippen molar-refractivity contribution in [2.75, 3.05) is 19.6 Å². The van der Waals surface area contributed by atoms with E-state index in [9.17, 15) is 9.90 Å². The van der Waals surface area contributed by atoms with Gasteiger partial charge in [0, 0.05) is 19.6 Å². The Hall–Kier alpha value is -2.25. The Balaban J connectivity index is 1.55. The van der Waals surface area contributed by atoms with Crippen LogP contribution in [-0.4, -0.2) is 45.6 Å². The van der Waals surface area contributed by atoms with Gasteiger partial charge in [-0.1, -0.05) is 35.5 Å². The van der Waals surface area contributed by atoms with E-state index in [2.05, 4.69) is 20.9 Å². The highest BCUT2D eigenvalue weighted by atomic mass is 16.3. The van der Waals surface area contributed by atoms with Crippen LogP contribution >= 0.6 is 0 Å². The number of nitrogens with one attached hydrogen (secondary N) is 2. The summed E-state index contributed by atoms with van der Waals surface area (Å²) in [7, 11) is 0. The van der Waals surface area contributed by atoms with Crippen LogP contribution in [0.15, 0.2) is 36.5 Å². The summed E-state index contributed by atoms with van der Waals surface area (Å²) in [6, 6.07) is 9.47. The fraction of sp³-hybridized carbons (Fsp3) is 0.357. The largest absolute Gasteiger partial charge is 0.387 e. The molecule has 1 aromatic carbocycles. The quantitative estimate of drug-likeness (QED) is 0.713. The molecule has 1 aliphatic rings. The van der Waals surface area contributed by atoms with Crippen LogP contribution in [0.5, 0.6) is 0 Å². The first-order valence-corrected chi connectivity index (χ1v) is 6.88. The molecule has 3 rings (SSSR count). The number of hydrogen-bond donors (Lipinski definition) is 3. The number of rotatable bonds is 5. The zero-order valence-electron chi connectivity index (χ0n) is 11.4. The number of aromatic nitrogens is 3. The monoisotopic (exact) mass is 287 g/mol. The zero-order valence-corrected chi connectivity index (χ0v) is 11.4. The Morgan fingerprint density at radius 2 is 2.19 bits per heavy atom. The number of aliphatic hydroxyl groups is 1. The van der Waals surface area contributed by atoms with Gasteiger partial charge < -0.3 is 15.7 Å². The van der Waals surface area contributed by atoms with E-state index >= 15 is 0 Å². The van der Waals surface area contributed by atoms with Crippen molar-refractivity contribution in [3.05, 3.63) is 47.8 Å². The number of carbonyl (C=O) groups excluding carboxylic acids is 1. The summed E-state index contributed by atoms with van der Waals surface area (Å²) in [6.07, 6.45) is 0.900. The molecule has 1 fully saturated rings. The van der Waals surface area contributed by atoms with Crippen molar-refractivity contribution in [2.45, 2.75) is 12.1 Å². The van der Waals surface area contributed by atoms with E-state index in [1.54, 1.807) is 10.9 Å². The normalized spacial score (nSPS) is 16.2. The first kappa shape index (κ1) is 13.7. The van der Waals surface area contributed by atoms with Crippen LogP contribution in [0.4, 0.5) is 0 Å². The lowest BCUT2D eigenvalue weighted by Gasteiger charge is -2.26. The highest BCUT2D eigenvalue weighted by molar-refractivity contribution is 5.91. The lowest BCUT2D eigenvalue weighted by molar-refractivity contribution is 0.0911. The third kappa shape index (κ3) is 3.09. The summed E-state index contributed by atoms with van der Waals surface area (Å²) in [6.45, 7) is 1.83. The number of amides is 1. The molecule has 1 aliphatic heterocycles. The standard InChI is InChI=1S/C14H17N5O2/c20-13(10-4-2-1-3-5-10)8-16-14(21)12-9-19(18-17-12)11-6-15-7-11/h1-5,9,11,13,15,20H,6-8H2,(H,16,21). The average Bonchev–Trinajstić information content (AvgIpc) is 2.93. The maximum atomic E-state index is 12.0. The Labute approximate surface area is 122 Å². The van der Waals surface area contributed by atoms with Crippen LogP contribution in [0, 0.1) is 0 Å². The SMILES string of the molecule is O=C(NCC(O)c1ccccc1)c1cn(C2CNC2)nn1. The van der Waals surface area contributed by atoms with Crippen LogP contribution in [-0.2, 0) is 0 Å². The summed E-state index contributed by atoms with van der Waals surface area (Å²) in [5.41, 5.74) is 1.03. The van der Waals surface area contributed by atoms with Crippen LogP contribution in [0.25, 0.3) is 0 Å². The van der Waals surface area contributed by atoms with E-state index in [-0.39, 0.29) is 24.2 Å². The molecule has 7 nitrogen and oxygen atoms in total. The number of benzene rings is 1. The predicted molar refractivity (Wildman–Crippen MR) is 75.7 cm³/mol. The van der Waals surface area contributed by atoms with E-state index < -0.39 is 6.10 Å². The maximum Gasteiger partial charge on any atom is 0.273 e.